The number of amides is 1. The smallest absolute Gasteiger partial charge is 0.255 e. The van der Waals surface area contributed by atoms with Crippen LogP contribution in [0.15, 0.2) is 48.5 Å². The molecule has 0 bridgehead atoms. The van der Waals surface area contributed by atoms with Gasteiger partial charge >= 0.3 is 0 Å². The van der Waals surface area contributed by atoms with Crippen molar-refractivity contribution in [1.29, 1.82) is 0 Å². The van der Waals surface area contributed by atoms with E-state index in [-0.39, 0.29) is 5.91 Å². The fourth-order valence-corrected chi connectivity index (χ4v) is 1.92. The number of anilines is 1. The highest BCUT2D eigenvalue weighted by molar-refractivity contribution is 14.1. The first kappa shape index (κ1) is 12.1. The lowest BCUT2D eigenvalue weighted by atomic mass is 10.1. The summed E-state index contributed by atoms with van der Waals surface area (Å²) in [6.07, 6.45) is 0. The fraction of sp³-hybridized carbons (Fsp3) is 0.0714. The molecule has 0 unspecified atom stereocenters. The Balaban J connectivity index is 2.17. The monoisotopic (exact) mass is 337 g/mol. The number of carbonyl (C=O) groups excluding carboxylic acids is 1. The maximum atomic E-state index is 12.0. The van der Waals surface area contributed by atoms with Crippen LogP contribution >= 0.6 is 22.6 Å². The van der Waals surface area contributed by atoms with Gasteiger partial charge in [-0.15, -0.1) is 0 Å². The molecule has 86 valence electrons. The molecule has 0 radical (unpaired) electrons. The third-order valence-corrected chi connectivity index (χ3v) is 3.21. The van der Waals surface area contributed by atoms with Crippen LogP contribution in [0.2, 0.25) is 0 Å². The summed E-state index contributed by atoms with van der Waals surface area (Å²) in [6.45, 7) is 1.93. The number of hydrogen-bond donors (Lipinski definition) is 1. The van der Waals surface area contributed by atoms with Crippen molar-refractivity contribution in [1.82, 2.24) is 0 Å². The summed E-state index contributed by atoms with van der Waals surface area (Å²) in [6, 6.07) is 15.3. The highest BCUT2D eigenvalue weighted by Gasteiger charge is 2.07. The van der Waals surface area contributed by atoms with Crippen molar-refractivity contribution < 1.29 is 4.79 Å². The summed E-state index contributed by atoms with van der Waals surface area (Å²) in [5.41, 5.74) is 2.51. The van der Waals surface area contributed by atoms with Gasteiger partial charge in [0.15, 0.2) is 0 Å². The molecule has 2 aromatic rings. The van der Waals surface area contributed by atoms with Crippen molar-refractivity contribution in [3.05, 3.63) is 63.2 Å². The van der Waals surface area contributed by atoms with Crippen LogP contribution in [-0.4, -0.2) is 5.91 Å². The number of benzene rings is 2. The lowest BCUT2D eigenvalue weighted by Crippen LogP contribution is -2.13. The zero-order valence-corrected chi connectivity index (χ0v) is 11.6. The molecule has 2 rings (SSSR count). The lowest BCUT2D eigenvalue weighted by Gasteiger charge is -2.07. The van der Waals surface area contributed by atoms with Crippen LogP contribution < -0.4 is 5.32 Å². The van der Waals surface area contributed by atoms with E-state index < -0.39 is 0 Å². The zero-order chi connectivity index (χ0) is 12.3. The quantitative estimate of drug-likeness (QED) is 0.829. The van der Waals surface area contributed by atoms with Gasteiger partial charge in [0.2, 0.25) is 0 Å². The Labute approximate surface area is 114 Å². The maximum absolute atomic E-state index is 12.0. The molecule has 1 N–H and O–H groups in total. The number of hydrogen-bond acceptors (Lipinski definition) is 1. The molecule has 0 aromatic heterocycles. The fourth-order valence-electron chi connectivity index (χ4n) is 1.56. The van der Waals surface area contributed by atoms with Gasteiger partial charge in [0.1, 0.15) is 0 Å². The molecule has 0 heterocycles. The van der Waals surface area contributed by atoms with Gasteiger partial charge in [-0.2, -0.15) is 0 Å². The van der Waals surface area contributed by atoms with E-state index in [1.165, 1.54) is 0 Å². The largest absolute Gasteiger partial charge is 0.322 e. The minimum atomic E-state index is -0.0655. The summed E-state index contributed by atoms with van der Waals surface area (Å²) in [4.78, 5) is 12.0. The van der Waals surface area contributed by atoms with Crippen LogP contribution in [-0.2, 0) is 0 Å². The van der Waals surface area contributed by atoms with Crippen LogP contribution in [0, 0.1) is 10.5 Å². The number of carbonyl (C=O) groups is 1. The van der Waals surface area contributed by atoms with Gasteiger partial charge < -0.3 is 5.32 Å². The normalized spacial score (nSPS) is 10.0. The first-order chi connectivity index (χ1) is 8.16. The molecule has 0 aliphatic heterocycles. The highest BCUT2D eigenvalue weighted by Crippen LogP contribution is 2.14. The molecular formula is C14H12INO. The average molecular weight is 337 g/mol. The number of aryl methyl sites for hydroxylation is 1. The van der Waals surface area contributed by atoms with E-state index in [0.29, 0.717) is 5.56 Å². The molecular weight excluding hydrogens is 325 g/mol. The zero-order valence-electron chi connectivity index (χ0n) is 9.41. The Morgan fingerprint density at radius 2 is 1.71 bits per heavy atom. The van der Waals surface area contributed by atoms with E-state index in [9.17, 15) is 4.79 Å². The van der Waals surface area contributed by atoms with Gasteiger partial charge in [-0.05, 0) is 65.4 Å². The van der Waals surface area contributed by atoms with Gasteiger partial charge in [0, 0.05) is 14.8 Å². The highest BCUT2D eigenvalue weighted by atomic mass is 127. The van der Waals surface area contributed by atoms with Crippen molar-refractivity contribution >= 4 is 34.2 Å². The van der Waals surface area contributed by atoms with Crippen molar-refractivity contribution in [3.63, 3.8) is 0 Å². The molecule has 2 aromatic carbocycles. The van der Waals surface area contributed by atoms with Gasteiger partial charge in [-0.25, -0.2) is 0 Å². The van der Waals surface area contributed by atoms with E-state index in [1.807, 2.05) is 55.5 Å². The molecule has 0 atom stereocenters. The Morgan fingerprint density at radius 1 is 1.06 bits per heavy atom. The molecule has 0 saturated heterocycles. The van der Waals surface area contributed by atoms with E-state index in [0.717, 1.165) is 14.8 Å². The lowest BCUT2D eigenvalue weighted by molar-refractivity contribution is 0.102. The number of nitrogens with one attached hydrogen (secondary N) is 1. The van der Waals surface area contributed by atoms with Gasteiger partial charge in [0.25, 0.3) is 5.91 Å². The molecule has 0 saturated carbocycles. The molecule has 17 heavy (non-hydrogen) atoms. The van der Waals surface area contributed by atoms with Gasteiger partial charge in [-0.1, -0.05) is 18.2 Å². The van der Waals surface area contributed by atoms with E-state index >= 15 is 0 Å². The third kappa shape index (κ3) is 3.06. The summed E-state index contributed by atoms with van der Waals surface area (Å²) in [5.74, 6) is -0.0655. The summed E-state index contributed by atoms with van der Waals surface area (Å²) in [7, 11) is 0. The third-order valence-electron chi connectivity index (χ3n) is 2.49. The van der Waals surface area contributed by atoms with Crippen molar-refractivity contribution in [2.75, 3.05) is 5.32 Å². The maximum Gasteiger partial charge on any atom is 0.255 e. The second kappa shape index (κ2) is 5.31. The molecule has 1 amide bonds. The molecule has 2 nitrogen and oxygen atoms in total. The topological polar surface area (TPSA) is 29.1 Å². The predicted octanol–water partition coefficient (Wildman–Crippen LogP) is 3.85. The van der Waals surface area contributed by atoms with Crippen LogP contribution in [0.1, 0.15) is 15.9 Å². The number of rotatable bonds is 2. The standard InChI is InChI=1S/C14H12INO/c1-10-4-2-3-5-13(10)14(17)16-12-8-6-11(15)7-9-12/h2-9H,1H3,(H,16,17). The first-order valence-corrected chi connectivity index (χ1v) is 6.37. The van der Waals surface area contributed by atoms with E-state index in [4.69, 9.17) is 0 Å². The summed E-state index contributed by atoms with van der Waals surface area (Å²) < 4.78 is 1.15. The van der Waals surface area contributed by atoms with Crippen LogP contribution in [0.3, 0.4) is 0 Å². The Morgan fingerprint density at radius 3 is 2.35 bits per heavy atom. The van der Waals surface area contributed by atoms with E-state index in [1.54, 1.807) is 0 Å². The second-order valence-corrected chi connectivity index (χ2v) is 5.02. The van der Waals surface area contributed by atoms with Crippen LogP contribution in [0.5, 0.6) is 0 Å². The van der Waals surface area contributed by atoms with E-state index in [2.05, 4.69) is 27.9 Å². The average Bonchev–Trinajstić information content (AvgIpc) is 2.32. The Hall–Kier alpha value is -1.36. The van der Waals surface area contributed by atoms with Crippen molar-refractivity contribution in [2.24, 2.45) is 0 Å². The second-order valence-electron chi connectivity index (χ2n) is 3.78. The molecule has 0 spiro atoms. The van der Waals surface area contributed by atoms with Crippen LogP contribution in [0.4, 0.5) is 5.69 Å². The first-order valence-electron chi connectivity index (χ1n) is 5.29. The molecule has 3 heteroatoms. The van der Waals surface area contributed by atoms with Crippen LogP contribution in [0.25, 0.3) is 0 Å². The van der Waals surface area contributed by atoms with Crippen molar-refractivity contribution in [2.45, 2.75) is 6.92 Å². The minimum Gasteiger partial charge on any atom is -0.322 e. The van der Waals surface area contributed by atoms with Crippen molar-refractivity contribution in [3.8, 4) is 0 Å². The summed E-state index contributed by atoms with van der Waals surface area (Å²) in [5, 5.41) is 2.88. The minimum absolute atomic E-state index is 0.0655. The SMILES string of the molecule is Cc1ccccc1C(=O)Nc1ccc(I)cc1. The van der Waals surface area contributed by atoms with Gasteiger partial charge in [0.05, 0.1) is 0 Å². The Bertz CT molecular complexity index is 534. The summed E-state index contributed by atoms with van der Waals surface area (Å²) >= 11 is 2.23. The van der Waals surface area contributed by atoms with Gasteiger partial charge in [-0.3, -0.25) is 4.79 Å². The molecule has 0 aliphatic rings. The molecule has 0 aliphatic carbocycles. The Kier molecular flexibility index (Phi) is 3.78. The predicted molar refractivity (Wildman–Crippen MR) is 78.3 cm³/mol. The molecule has 0 fully saturated rings. The number of halogens is 1.